The molecule has 1 fully saturated rings. The first kappa shape index (κ1) is 19.0. The lowest BCUT2D eigenvalue weighted by Crippen LogP contribution is -2.24. The number of benzene rings is 2. The van der Waals surface area contributed by atoms with E-state index in [0.717, 1.165) is 11.1 Å². The molecule has 1 aromatic heterocycles. The molecule has 0 unspecified atom stereocenters. The topological polar surface area (TPSA) is 88.6 Å². The summed E-state index contributed by atoms with van der Waals surface area (Å²) >= 11 is 7.16. The van der Waals surface area contributed by atoms with Gasteiger partial charge in [0.25, 0.3) is 10.0 Å². The average Bonchev–Trinajstić information content (AvgIpc) is 3.25. The van der Waals surface area contributed by atoms with Crippen molar-refractivity contribution >= 4 is 59.9 Å². The normalized spacial score (nSPS) is 14.6. The fourth-order valence-electron chi connectivity index (χ4n) is 3.08. The smallest absolute Gasteiger partial charge is 0.267 e. The Kier molecular flexibility index (Phi) is 4.90. The van der Waals surface area contributed by atoms with Gasteiger partial charge in [0.1, 0.15) is 10.6 Å². The molecule has 1 aliphatic rings. The van der Waals surface area contributed by atoms with E-state index in [4.69, 9.17) is 16.3 Å². The van der Waals surface area contributed by atoms with Gasteiger partial charge in [0, 0.05) is 23.7 Å². The minimum absolute atomic E-state index is 0.0236. The van der Waals surface area contributed by atoms with Crippen molar-refractivity contribution < 1.29 is 17.9 Å². The molecule has 4 rings (SSSR count). The van der Waals surface area contributed by atoms with Crippen molar-refractivity contribution in [2.24, 2.45) is 0 Å². The molecule has 146 valence electrons. The predicted molar refractivity (Wildman–Crippen MR) is 110 cm³/mol. The highest BCUT2D eigenvalue weighted by Gasteiger charge is 2.26. The second-order valence-corrected chi connectivity index (χ2v) is 9.34. The van der Waals surface area contributed by atoms with Gasteiger partial charge in [0.15, 0.2) is 5.13 Å². The molecular weight excluding hydrogens is 422 g/mol. The number of nitrogens with zero attached hydrogens (tertiary/aromatic N) is 2. The highest BCUT2D eigenvalue weighted by molar-refractivity contribution is 7.93. The first-order valence-corrected chi connectivity index (χ1v) is 11.1. The molecular formula is C18H16ClN3O4S2. The van der Waals surface area contributed by atoms with Crippen LogP contribution < -0.4 is 14.4 Å². The number of halogens is 1. The van der Waals surface area contributed by atoms with E-state index in [1.165, 1.54) is 24.5 Å². The lowest BCUT2D eigenvalue weighted by atomic mass is 10.3. The van der Waals surface area contributed by atoms with Crippen molar-refractivity contribution in [1.82, 2.24) is 4.98 Å². The molecule has 0 radical (unpaired) electrons. The fourth-order valence-corrected chi connectivity index (χ4v) is 5.64. The van der Waals surface area contributed by atoms with Gasteiger partial charge in [-0.3, -0.25) is 9.52 Å². The quantitative estimate of drug-likeness (QED) is 0.654. The predicted octanol–water partition coefficient (Wildman–Crippen LogP) is 3.89. The number of anilines is 2. The molecule has 1 amide bonds. The lowest BCUT2D eigenvalue weighted by molar-refractivity contribution is -0.117. The molecule has 3 aromatic rings. The monoisotopic (exact) mass is 437 g/mol. The van der Waals surface area contributed by atoms with Gasteiger partial charge in [-0.2, -0.15) is 0 Å². The molecule has 0 saturated carbocycles. The summed E-state index contributed by atoms with van der Waals surface area (Å²) < 4.78 is 34.5. The molecule has 28 heavy (non-hydrogen) atoms. The zero-order valence-corrected chi connectivity index (χ0v) is 17.2. The number of nitrogens with one attached hydrogen (secondary N) is 1. The van der Waals surface area contributed by atoms with Crippen molar-refractivity contribution in [3.8, 4) is 5.75 Å². The van der Waals surface area contributed by atoms with Gasteiger partial charge < -0.3 is 9.64 Å². The first-order valence-electron chi connectivity index (χ1n) is 8.45. The number of rotatable bonds is 5. The van der Waals surface area contributed by atoms with Gasteiger partial charge in [-0.1, -0.05) is 22.9 Å². The van der Waals surface area contributed by atoms with Crippen molar-refractivity contribution in [3.05, 3.63) is 41.4 Å². The second kappa shape index (κ2) is 7.23. The standard InChI is InChI=1S/C18H16ClN3O4S2/c1-26-14-7-5-12(22-8-2-3-17(22)23)10-16(14)28(24,25)21-18-20-13-6-4-11(19)9-15(13)27-18/h4-7,9-10H,2-3,8H2,1H3,(H,20,21). The number of thiazole rings is 1. The lowest BCUT2D eigenvalue weighted by Gasteiger charge is -2.18. The summed E-state index contributed by atoms with van der Waals surface area (Å²) in [7, 11) is -2.58. The number of carbonyl (C=O) groups excluding carboxylic acids is 1. The van der Waals surface area contributed by atoms with Gasteiger partial charge in [0.2, 0.25) is 5.91 Å². The van der Waals surface area contributed by atoms with Gasteiger partial charge in [-0.15, -0.1) is 0 Å². The third-order valence-electron chi connectivity index (χ3n) is 4.39. The van der Waals surface area contributed by atoms with E-state index in [1.807, 2.05) is 0 Å². The van der Waals surface area contributed by atoms with Crippen LogP contribution in [0.5, 0.6) is 5.75 Å². The molecule has 0 aliphatic carbocycles. The van der Waals surface area contributed by atoms with Crippen molar-refractivity contribution in [3.63, 3.8) is 0 Å². The maximum Gasteiger partial charge on any atom is 0.267 e. The van der Waals surface area contributed by atoms with Crippen LogP contribution in [-0.2, 0) is 14.8 Å². The summed E-state index contributed by atoms with van der Waals surface area (Å²) in [6, 6.07) is 9.84. The van der Waals surface area contributed by atoms with E-state index >= 15 is 0 Å². The van der Waals surface area contributed by atoms with Crippen LogP contribution in [0.15, 0.2) is 41.3 Å². The van der Waals surface area contributed by atoms with E-state index in [0.29, 0.717) is 29.2 Å². The molecule has 1 N–H and O–H groups in total. The summed E-state index contributed by atoms with van der Waals surface area (Å²) in [5.41, 5.74) is 1.18. The highest BCUT2D eigenvalue weighted by atomic mass is 35.5. The molecule has 0 atom stereocenters. The number of ether oxygens (including phenoxy) is 1. The second-order valence-electron chi connectivity index (χ2n) is 6.22. The van der Waals surface area contributed by atoms with Crippen molar-refractivity contribution in [1.29, 1.82) is 0 Å². The summed E-state index contributed by atoms with van der Waals surface area (Å²) in [4.78, 5) is 17.8. The maximum absolute atomic E-state index is 13.0. The number of amides is 1. The average molecular weight is 438 g/mol. The van der Waals surface area contributed by atoms with Crippen LogP contribution in [-0.4, -0.2) is 33.0 Å². The van der Waals surface area contributed by atoms with E-state index < -0.39 is 10.0 Å². The molecule has 1 aliphatic heterocycles. The largest absolute Gasteiger partial charge is 0.495 e. The van der Waals surface area contributed by atoms with Crippen LogP contribution >= 0.6 is 22.9 Å². The van der Waals surface area contributed by atoms with Crippen LogP contribution in [0.4, 0.5) is 10.8 Å². The number of aromatic nitrogens is 1. The molecule has 1 saturated heterocycles. The number of hydrogen-bond acceptors (Lipinski definition) is 6. The van der Waals surface area contributed by atoms with Crippen molar-refractivity contribution in [2.75, 3.05) is 23.3 Å². The Morgan fingerprint density at radius 2 is 2.07 bits per heavy atom. The molecule has 7 nitrogen and oxygen atoms in total. The van der Waals surface area contributed by atoms with Crippen LogP contribution in [0.2, 0.25) is 5.02 Å². The first-order chi connectivity index (χ1) is 13.4. The number of hydrogen-bond donors (Lipinski definition) is 1. The molecule has 10 heteroatoms. The number of sulfonamides is 1. The van der Waals surface area contributed by atoms with Crippen molar-refractivity contribution in [2.45, 2.75) is 17.7 Å². The van der Waals surface area contributed by atoms with Gasteiger partial charge >= 0.3 is 0 Å². The highest BCUT2D eigenvalue weighted by Crippen LogP contribution is 2.34. The Bertz CT molecular complexity index is 1180. The SMILES string of the molecule is COc1ccc(N2CCCC2=O)cc1S(=O)(=O)Nc1nc2ccc(Cl)cc2s1. The third-order valence-corrected chi connectivity index (χ3v) is 7.05. The minimum Gasteiger partial charge on any atom is -0.495 e. The Hall–Kier alpha value is -2.36. The summed E-state index contributed by atoms with van der Waals surface area (Å²) in [5.74, 6) is 0.163. The van der Waals surface area contributed by atoms with E-state index in [-0.39, 0.29) is 21.7 Å². The summed E-state index contributed by atoms with van der Waals surface area (Å²) in [5, 5.41) is 0.775. The Labute approximate surface area is 170 Å². The van der Waals surface area contributed by atoms with E-state index in [9.17, 15) is 13.2 Å². The van der Waals surface area contributed by atoms with Crippen LogP contribution in [0, 0.1) is 0 Å². The minimum atomic E-state index is -3.98. The Morgan fingerprint density at radius 3 is 2.79 bits per heavy atom. The molecule has 2 aromatic carbocycles. The van der Waals surface area contributed by atoms with Crippen LogP contribution in [0.1, 0.15) is 12.8 Å². The van der Waals surface area contributed by atoms with Gasteiger partial charge in [-0.05, 0) is 42.8 Å². The van der Waals surface area contributed by atoms with Crippen LogP contribution in [0.3, 0.4) is 0 Å². The van der Waals surface area contributed by atoms with Gasteiger partial charge in [-0.25, -0.2) is 13.4 Å². The maximum atomic E-state index is 13.0. The van der Waals surface area contributed by atoms with E-state index in [1.54, 1.807) is 35.2 Å². The molecule has 2 heterocycles. The molecule has 0 spiro atoms. The van der Waals surface area contributed by atoms with Gasteiger partial charge in [0.05, 0.1) is 17.3 Å². The third kappa shape index (κ3) is 3.52. The fraction of sp³-hybridized carbons (Fsp3) is 0.222. The number of carbonyl (C=O) groups is 1. The zero-order valence-electron chi connectivity index (χ0n) is 14.8. The summed E-state index contributed by atoms with van der Waals surface area (Å²) in [6.07, 6.45) is 1.21. The van der Waals surface area contributed by atoms with Crippen LogP contribution in [0.25, 0.3) is 10.2 Å². The Morgan fingerprint density at radius 1 is 1.25 bits per heavy atom. The summed E-state index contributed by atoms with van der Waals surface area (Å²) in [6.45, 7) is 0.566. The number of fused-ring (bicyclic) bond motifs is 1. The Balaban J connectivity index is 1.71. The molecule has 0 bridgehead atoms. The number of methoxy groups -OCH3 is 1. The van der Waals surface area contributed by atoms with E-state index in [2.05, 4.69) is 9.71 Å². The zero-order chi connectivity index (χ0) is 19.9.